The molecule has 8 heteroatoms. The largest absolute Gasteiger partial charge is 0.378 e. The molecule has 8 nitrogen and oxygen atoms in total. The molecule has 2 saturated heterocycles. The van der Waals surface area contributed by atoms with E-state index in [2.05, 4.69) is 43.1 Å². The molecule has 2 fully saturated rings. The van der Waals surface area contributed by atoms with Crippen LogP contribution in [0.15, 0.2) is 18.2 Å². The van der Waals surface area contributed by atoms with Gasteiger partial charge in [-0.1, -0.05) is 0 Å². The van der Waals surface area contributed by atoms with E-state index in [0.717, 1.165) is 89.2 Å². The number of aromatic nitrogens is 3. The molecule has 2 aromatic rings. The molecule has 0 N–H and O–H groups in total. The van der Waals surface area contributed by atoms with Crippen LogP contribution in [0.25, 0.3) is 0 Å². The second-order valence-electron chi connectivity index (χ2n) is 7.75. The zero-order valence-corrected chi connectivity index (χ0v) is 16.5. The molecule has 1 aliphatic carbocycles. The summed E-state index contributed by atoms with van der Waals surface area (Å²) in [5.41, 5.74) is 3.12. The van der Waals surface area contributed by atoms with Gasteiger partial charge in [-0.05, 0) is 43.0 Å². The number of hydrogen-bond acceptors (Lipinski definition) is 8. The van der Waals surface area contributed by atoms with E-state index in [1.807, 2.05) is 6.07 Å². The Morgan fingerprint density at radius 3 is 2.17 bits per heavy atom. The van der Waals surface area contributed by atoms with Crippen LogP contribution in [0.5, 0.6) is 0 Å². The van der Waals surface area contributed by atoms with Gasteiger partial charge in [-0.3, -0.25) is 0 Å². The molecule has 0 saturated carbocycles. The normalized spacial score (nSPS) is 19.2. The van der Waals surface area contributed by atoms with Gasteiger partial charge in [0.15, 0.2) is 11.6 Å². The van der Waals surface area contributed by atoms with Gasteiger partial charge in [-0.15, -0.1) is 10.2 Å². The van der Waals surface area contributed by atoms with Gasteiger partial charge < -0.3 is 19.4 Å². The van der Waals surface area contributed by atoms with E-state index in [9.17, 15) is 5.26 Å². The number of nitriles is 1. The third-order valence-electron chi connectivity index (χ3n) is 6.03. The number of nitrogens with zero attached hydrogens (tertiary/aromatic N) is 7. The molecule has 0 atom stereocenters. The highest BCUT2D eigenvalue weighted by Gasteiger charge is 2.24. The maximum absolute atomic E-state index is 9.59. The molecule has 2 aliphatic heterocycles. The van der Waals surface area contributed by atoms with Gasteiger partial charge in [0.2, 0.25) is 0 Å². The first-order chi connectivity index (χ1) is 14.3. The second kappa shape index (κ2) is 7.84. The molecule has 0 unspecified atom stereocenters. The van der Waals surface area contributed by atoms with E-state index in [1.54, 1.807) is 0 Å². The third-order valence-corrected chi connectivity index (χ3v) is 6.03. The van der Waals surface area contributed by atoms with E-state index in [4.69, 9.17) is 9.72 Å². The topological polar surface area (TPSA) is 81.4 Å². The lowest BCUT2D eigenvalue weighted by Gasteiger charge is -2.36. The van der Waals surface area contributed by atoms with Gasteiger partial charge in [0.1, 0.15) is 11.9 Å². The van der Waals surface area contributed by atoms with Crippen LogP contribution in [-0.4, -0.2) is 67.7 Å². The lowest BCUT2D eigenvalue weighted by atomic mass is 10.1. The molecule has 29 heavy (non-hydrogen) atoms. The highest BCUT2D eigenvalue weighted by molar-refractivity contribution is 5.58. The summed E-state index contributed by atoms with van der Waals surface area (Å²) in [7, 11) is 0. The van der Waals surface area contributed by atoms with Crippen molar-refractivity contribution in [3.8, 4) is 6.07 Å². The van der Waals surface area contributed by atoms with Crippen molar-refractivity contribution in [1.82, 2.24) is 15.2 Å². The smallest absolute Gasteiger partial charge is 0.151 e. The van der Waals surface area contributed by atoms with Gasteiger partial charge in [0, 0.05) is 45.0 Å². The predicted octanol–water partition coefficient (Wildman–Crippen LogP) is 1.40. The Kier molecular flexibility index (Phi) is 4.90. The van der Waals surface area contributed by atoms with Gasteiger partial charge >= 0.3 is 0 Å². The molecule has 5 rings (SSSR count). The molecule has 4 heterocycles. The van der Waals surface area contributed by atoms with Crippen LogP contribution in [0.1, 0.15) is 23.2 Å². The zero-order chi connectivity index (χ0) is 19.6. The van der Waals surface area contributed by atoms with Crippen LogP contribution in [0.4, 0.5) is 17.5 Å². The highest BCUT2D eigenvalue weighted by Crippen LogP contribution is 2.28. The van der Waals surface area contributed by atoms with Crippen molar-refractivity contribution in [2.45, 2.75) is 19.3 Å². The molecule has 0 aromatic carbocycles. The average Bonchev–Trinajstić information content (AvgIpc) is 3.26. The fraction of sp³-hybridized carbons (Fsp3) is 0.524. The molecular weight excluding hydrogens is 366 g/mol. The van der Waals surface area contributed by atoms with E-state index < -0.39 is 0 Å². The summed E-state index contributed by atoms with van der Waals surface area (Å²) >= 11 is 0. The maximum atomic E-state index is 9.59. The Labute approximate surface area is 170 Å². The number of hydrogen-bond donors (Lipinski definition) is 0. The van der Waals surface area contributed by atoms with Gasteiger partial charge in [0.05, 0.1) is 18.8 Å². The summed E-state index contributed by atoms with van der Waals surface area (Å²) in [6.45, 7) is 6.55. The number of piperazine rings is 1. The molecular formula is C21H25N7O. The molecule has 150 valence electrons. The van der Waals surface area contributed by atoms with Crippen molar-refractivity contribution in [2.75, 3.05) is 67.2 Å². The third kappa shape index (κ3) is 3.58. The van der Waals surface area contributed by atoms with E-state index in [-0.39, 0.29) is 0 Å². The summed E-state index contributed by atoms with van der Waals surface area (Å²) in [6, 6.07) is 8.51. The average molecular weight is 391 g/mol. The Balaban J connectivity index is 1.26. The van der Waals surface area contributed by atoms with Crippen molar-refractivity contribution in [2.24, 2.45) is 0 Å². The van der Waals surface area contributed by atoms with Gasteiger partial charge in [-0.2, -0.15) is 5.26 Å². The van der Waals surface area contributed by atoms with Crippen molar-refractivity contribution in [3.05, 3.63) is 35.0 Å². The minimum Gasteiger partial charge on any atom is -0.378 e. The van der Waals surface area contributed by atoms with Crippen LogP contribution in [0, 0.1) is 11.3 Å². The Morgan fingerprint density at radius 1 is 0.862 bits per heavy atom. The summed E-state index contributed by atoms with van der Waals surface area (Å²) in [5, 5.41) is 18.5. The van der Waals surface area contributed by atoms with Crippen molar-refractivity contribution in [3.63, 3.8) is 0 Å². The van der Waals surface area contributed by atoms with Crippen LogP contribution in [0.2, 0.25) is 0 Å². The molecule has 0 radical (unpaired) electrons. The number of pyridine rings is 1. The first-order valence-corrected chi connectivity index (χ1v) is 10.4. The number of morpholine rings is 1. The lowest BCUT2D eigenvalue weighted by Crippen LogP contribution is -2.47. The fourth-order valence-corrected chi connectivity index (χ4v) is 4.38. The first kappa shape index (κ1) is 18.1. The van der Waals surface area contributed by atoms with Crippen LogP contribution in [-0.2, 0) is 17.6 Å². The molecule has 0 bridgehead atoms. The number of aryl methyl sites for hydroxylation is 2. The highest BCUT2D eigenvalue weighted by atomic mass is 16.5. The summed E-state index contributed by atoms with van der Waals surface area (Å²) in [6.07, 6.45) is 3.22. The summed E-state index contributed by atoms with van der Waals surface area (Å²) < 4.78 is 5.40. The van der Waals surface area contributed by atoms with Crippen LogP contribution >= 0.6 is 0 Å². The SMILES string of the molecule is N#Cc1cc2c(nc1N1CCN(c3ccc(N4CCOCC4)nn3)CC1)CCC2. The number of anilines is 3. The standard InChI is InChI=1S/C21H25N7O/c22-15-17-14-16-2-1-3-18(16)23-21(17)28-8-6-26(7-9-28)19-4-5-20(25-24-19)27-10-12-29-13-11-27/h4-5,14H,1-3,6-13H2. The fourth-order valence-electron chi connectivity index (χ4n) is 4.38. The minimum absolute atomic E-state index is 0.703. The molecule has 0 amide bonds. The van der Waals surface area contributed by atoms with Crippen molar-refractivity contribution < 1.29 is 4.74 Å². The van der Waals surface area contributed by atoms with Gasteiger partial charge in [-0.25, -0.2) is 4.98 Å². The Hall–Kier alpha value is -2.92. The van der Waals surface area contributed by atoms with Crippen LogP contribution < -0.4 is 14.7 Å². The number of rotatable bonds is 3. The molecule has 0 spiro atoms. The van der Waals surface area contributed by atoms with E-state index >= 15 is 0 Å². The summed E-state index contributed by atoms with van der Waals surface area (Å²) in [5.74, 6) is 2.67. The van der Waals surface area contributed by atoms with Crippen molar-refractivity contribution in [1.29, 1.82) is 5.26 Å². The Bertz CT molecular complexity index is 910. The van der Waals surface area contributed by atoms with E-state index in [1.165, 1.54) is 11.3 Å². The predicted molar refractivity (Wildman–Crippen MR) is 110 cm³/mol. The number of ether oxygens (including phenoxy) is 1. The van der Waals surface area contributed by atoms with Crippen molar-refractivity contribution >= 4 is 17.5 Å². The van der Waals surface area contributed by atoms with Gasteiger partial charge in [0.25, 0.3) is 0 Å². The lowest BCUT2D eigenvalue weighted by molar-refractivity contribution is 0.122. The molecule has 2 aromatic heterocycles. The number of fused-ring (bicyclic) bond motifs is 1. The monoisotopic (exact) mass is 391 g/mol. The molecule has 3 aliphatic rings. The Morgan fingerprint density at radius 2 is 1.52 bits per heavy atom. The summed E-state index contributed by atoms with van der Waals surface area (Å²) in [4.78, 5) is 11.6. The maximum Gasteiger partial charge on any atom is 0.151 e. The minimum atomic E-state index is 0.703. The van der Waals surface area contributed by atoms with Crippen LogP contribution in [0.3, 0.4) is 0 Å². The second-order valence-corrected chi connectivity index (χ2v) is 7.75. The van der Waals surface area contributed by atoms with E-state index in [0.29, 0.717) is 5.56 Å². The first-order valence-electron chi connectivity index (χ1n) is 10.4. The quantitative estimate of drug-likeness (QED) is 0.777. The zero-order valence-electron chi connectivity index (χ0n) is 16.5.